The fourth-order valence-corrected chi connectivity index (χ4v) is 6.90. The van der Waals surface area contributed by atoms with Gasteiger partial charge < -0.3 is 4.90 Å². The number of rotatable bonds is 5. The Labute approximate surface area is 174 Å². The topological polar surface area (TPSA) is 55.2 Å². The normalized spacial score (nSPS) is 22.0. The second kappa shape index (κ2) is 8.19. The van der Waals surface area contributed by atoms with Gasteiger partial charge in [-0.15, -0.1) is 11.3 Å². The molecule has 1 aliphatic carbocycles. The molecule has 2 aromatic rings. The minimum atomic E-state index is 0.0846. The molecular weight excluding hydrogens is 390 g/mol. The Morgan fingerprint density at radius 1 is 1.25 bits per heavy atom. The Kier molecular flexibility index (Phi) is 5.83. The van der Waals surface area contributed by atoms with Crippen LogP contribution in [0.15, 0.2) is 9.95 Å². The van der Waals surface area contributed by atoms with Gasteiger partial charge >= 0.3 is 0 Å². The van der Waals surface area contributed by atoms with E-state index in [-0.39, 0.29) is 11.5 Å². The highest BCUT2D eigenvalue weighted by Gasteiger charge is 2.27. The number of piperidine rings is 1. The first-order chi connectivity index (χ1) is 13.5. The minimum absolute atomic E-state index is 0.0846. The summed E-state index contributed by atoms with van der Waals surface area (Å²) < 4.78 is 1.80. The molecule has 1 aliphatic heterocycles. The van der Waals surface area contributed by atoms with E-state index in [1.807, 2.05) is 4.90 Å². The molecule has 3 heterocycles. The summed E-state index contributed by atoms with van der Waals surface area (Å²) in [6.45, 7) is 8.84. The summed E-state index contributed by atoms with van der Waals surface area (Å²) in [4.78, 5) is 35.0. The Hall–Kier alpha value is -1.34. The molecule has 1 fully saturated rings. The van der Waals surface area contributed by atoms with E-state index < -0.39 is 0 Å². The zero-order chi connectivity index (χ0) is 19.8. The van der Waals surface area contributed by atoms with Crippen LogP contribution in [0.5, 0.6) is 0 Å². The van der Waals surface area contributed by atoms with Crippen LogP contribution in [0.3, 0.4) is 0 Å². The minimum Gasteiger partial charge on any atom is -0.341 e. The predicted molar refractivity (Wildman–Crippen MR) is 116 cm³/mol. The Balaban J connectivity index is 1.58. The molecular formula is C21H29N3O2S2. The van der Waals surface area contributed by atoms with Crippen LogP contribution in [-0.2, 0) is 24.2 Å². The van der Waals surface area contributed by atoms with E-state index in [1.165, 1.54) is 28.6 Å². The molecule has 1 saturated heterocycles. The van der Waals surface area contributed by atoms with Crippen LogP contribution >= 0.6 is 23.1 Å². The van der Waals surface area contributed by atoms with Crippen molar-refractivity contribution >= 4 is 39.2 Å². The Bertz CT molecular complexity index is 939. The Morgan fingerprint density at radius 2 is 2.00 bits per heavy atom. The van der Waals surface area contributed by atoms with Crippen LogP contribution in [0.2, 0.25) is 0 Å². The fourth-order valence-electron chi connectivity index (χ4n) is 4.67. The van der Waals surface area contributed by atoms with Gasteiger partial charge in [-0.2, -0.15) is 0 Å². The van der Waals surface area contributed by atoms with Gasteiger partial charge in [-0.25, -0.2) is 4.98 Å². The van der Waals surface area contributed by atoms with Crippen molar-refractivity contribution in [1.82, 2.24) is 14.5 Å². The van der Waals surface area contributed by atoms with E-state index in [2.05, 4.69) is 20.8 Å². The number of amides is 1. The predicted octanol–water partition coefficient (Wildman–Crippen LogP) is 3.95. The van der Waals surface area contributed by atoms with Crippen LogP contribution in [-0.4, -0.2) is 39.2 Å². The number of hydrogen-bond acceptors (Lipinski definition) is 5. The zero-order valence-corrected chi connectivity index (χ0v) is 18.6. The summed E-state index contributed by atoms with van der Waals surface area (Å²) in [5.41, 5.74) is 1.31. The summed E-state index contributed by atoms with van der Waals surface area (Å²) in [5, 5.41) is 1.53. The highest BCUT2D eigenvalue weighted by atomic mass is 32.2. The SMILES string of the molecule is CCCn1c(SCC(=O)N2C[C@H](C)C[C@@H](C)C2)nc2sc3c(c2c1=O)CCC3. The maximum Gasteiger partial charge on any atom is 0.263 e. The summed E-state index contributed by atoms with van der Waals surface area (Å²) in [7, 11) is 0. The molecule has 152 valence electrons. The number of aromatic nitrogens is 2. The highest BCUT2D eigenvalue weighted by molar-refractivity contribution is 7.99. The molecule has 5 nitrogen and oxygen atoms in total. The maximum atomic E-state index is 13.2. The summed E-state index contributed by atoms with van der Waals surface area (Å²) in [6.07, 6.45) is 5.27. The van der Waals surface area contributed by atoms with Crippen molar-refractivity contribution in [2.24, 2.45) is 11.8 Å². The summed E-state index contributed by atoms with van der Waals surface area (Å²) in [5.74, 6) is 1.62. The highest BCUT2D eigenvalue weighted by Crippen LogP contribution is 2.35. The van der Waals surface area contributed by atoms with Gasteiger partial charge in [-0.1, -0.05) is 32.5 Å². The smallest absolute Gasteiger partial charge is 0.263 e. The van der Waals surface area contributed by atoms with Crippen molar-refractivity contribution < 1.29 is 4.79 Å². The van der Waals surface area contributed by atoms with Crippen molar-refractivity contribution in [2.45, 2.75) is 64.6 Å². The first-order valence-corrected chi connectivity index (χ1v) is 12.2. The van der Waals surface area contributed by atoms with E-state index in [4.69, 9.17) is 4.98 Å². The molecule has 28 heavy (non-hydrogen) atoms. The molecule has 0 spiro atoms. The van der Waals surface area contributed by atoms with Gasteiger partial charge in [-0.05, 0) is 49.5 Å². The lowest BCUT2D eigenvalue weighted by Gasteiger charge is -2.35. The van der Waals surface area contributed by atoms with Gasteiger partial charge in [-0.3, -0.25) is 14.2 Å². The largest absolute Gasteiger partial charge is 0.341 e. The van der Waals surface area contributed by atoms with E-state index in [9.17, 15) is 9.59 Å². The van der Waals surface area contributed by atoms with Crippen molar-refractivity contribution in [3.63, 3.8) is 0 Å². The summed E-state index contributed by atoms with van der Waals surface area (Å²) in [6, 6.07) is 0. The van der Waals surface area contributed by atoms with Gasteiger partial charge in [0.05, 0.1) is 11.1 Å². The number of carbonyl (C=O) groups excluding carboxylic acids is 1. The van der Waals surface area contributed by atoms with Gasteiger partial charge in [0.25, 0.3) is 5.56 Å². The first kappa shape index (κ1) is 20.0. The van der Waals surface area contributed by atoms with Crippen LogP contribution in [0.1, 0.15) is 50.5 Å². The lowest BCUT2D eigenvalue weighted by atomic mass is 9.92. The lowest BCUT2D eigenvalue weighted by molar-refractivity contribution is -0.130. The number of hydrogen-bond donors (Lipinski definition) is 0. The third-order valence-electron chi connectivity index (χ3n) is 5.78. The second-order valence-corrected chi connectivity index (χ2v) is 10.4. The number of thioether (sulfide) groups is 1. The standard InChI is InChI=1S/C21H29N3O2S2/c1-4-8-24-20(26)18-15-6-5-7-16(15)28-19(18)22-21(24)27-12-17(25)23-10-13(2)9-14(3)11-23/h13-14H,4-12H2,1-3H3/t13-,14-/m1/s1. The maximum absolute atomic E-state index is 13.2. The average molecular weight is 420 g/mol. The fraction of sp³-hybridized carbons (Fsp3) is 0.667. The van der Waals surface area contributed by atoms with Gasteiger partial charge in [0, 0.05) is 24.5 Å². The van der Waals surface area contributed by atoms with Crippen molar-refractivity contribution in [2.75, 3.05) is 18.8 Å². The number of likely N-dealkylation sites (tertiary alicyclic amines) is 1. The third kappa shape index (κ3) is 3.75. The zero-order valence-electron chi connectivity index (χ0n) is 17.0. The van der Waals surface area contributed by atoms with E-state index >= 15 is 0 Å². The molecule has 2 aliphatic rings. The van der Waals surface area contributed by atoms with E-state index in [0.29, 0.717) is 29.3 Å². The van der Waals surface area contributed by atoms with E-state index in [1.54, 1.807) is 15.9 Å². The van der Waals surface area contributed by atoms with Crippen LogP contribution in [0, 0.1) is 11.8 Å². The average Bonchev–Trinajstić information content (AvgIpc) is 3.22. The number of thiophene rings is 1. The second-order valence-electron chi connectivity index (χ2n) is 8.42. The lowest BCUT2D eigenvalue weighted by Crippen LogP contribution is -2.43. The quantitative estimate of drug-likeness (QED) is 0.544. The summed E-state index contributed by atoms with van der Waals surface area (Å²) >= 11 is 3.10. The Morgan fingerprint density at radius 3 is 2.71 bits per heavy atom. The van der Waals surface area contributed by atoms with Gasteiger partial charge in [0.2, 0.25) is 5.91 Å². The molecule has 0 saturated carbocycles. The molecule has 0 unspecified atom stereocenters. The molecule has 1 amide bonds. The number of aryl methyl sites for hydroxylation is 2. The van der Waals surface area contributed by atoms with Crippen molar-refractivity contribution in [3.05, 3.63) is 20.8 Å². The molecule has 0 N–H and O–H groups in total. The molecule has 0 radical (unpaired) electrons. The van der Waals surface area contributed by atoms with Crippen LogP contribution in [0.4, 0.5) is 0 Å². The number of fused-ring (bicyclic) bond motifs is 3. The monoisotopic (exact) mass is 419 g/mol. The molecule has 0 bridgehead atoms. The third-order valence-corrected chi connectivity index (χ3v) is 7.93. The number of nitrogens with zero attached hydrogens (tertiary/aromatic N) is 3. The molecule has 2 atom stereocenters. The van der Waals surface area contributed by atoms with Crippen LogP contribution in [0.25, 0.3) is 10.2 Å². The van der Waals surface area contributed by atoms with Gasteiger partial charge in [0.15, 0.2) is 5.16 Å². The molecule has 2 aromatic heterocycles. The van der Waals surface area contributed by atoms with Crippen LogP contribution < -0.4 is 5.56 Å². The number of carbonyl (C=O) groups is 1. The van der Waals surface area contributed by atoms with E-state index in [0.717, 1.165) is 49.0 Å². The van der Waals surface area contributed by atoms with Gasteiger partial charge in [0.1, 0.15) is 4.83 Å². The molecule has 0 aromatic carbocycles. The first-order valence-electron chi connectivity index (χ1n) is 10.4. The van der Waals surface area contributed by atoms with Crippen molar-refractivity contribution in [3.8, 4) is 0 Å². The molecule has 7 heteroatoms. The van der Waals surface area contributed by atoms with Crippen molar-refractivity contribution in [1.29, 1.82) is 0 Å². The molecule has 4 rings (SSSR count).